The number of aldehydes is 1. The van der Waals surface area contributed by atoms with Crippen LogP contribution in [0.5, 0.6) is 0 Å². The van der Waals surface area contributed by atoms with E-state index in [1.165, 1.54) is 29.5 Å². The fourth-order valence-corrected chi connectivity index (χ4v) is 4.41. The van der Waals surface area contributed by atoms with Crippen molar-refractivity contribution in [3.05, 3.63) is 58.9 Å². The van der Waals surface area contributed by atoms with Crippen LogP contribution >= 0.6 is 11.6 Å². The van der Waals surface area contributed by atoms with Crippen LogP contribution in [-0.2, 0) is 14.6 Å². The van der Waals surface area contributed by atoms with E-state index in [0.29, 0.717) is 11.8 Å². The number of aromatic nitrogens is 1. The molecule has 146 valence electrons. The largest absolute Gasteiger partial charge is 0.462 e. The molecule has 2 aromatic heterocycles. The molecule has 8 heteroatoms. The van der Waals surface area contributed by atoms with Crippen molar-refractivity contribution in [2.75, 3.05) is 12.4 Å². The molecule has 1 aromatic carbocycles. The lowest BCUT2D eigenvalue weighted by atomic mass is 10.0. The Labute approximate surface area is 167 Å². The summed E-state index contributed by atoms with van der Waals surface area (Å²) in [5, 5.41) is 0.284. The number of carbonyl (C=O) groups is 2. The maximum Gasteiger partial charge on any atom is 0.340 e. The quantitative estimate of drug-likeness (QED) is 0.444. The molecule has 3 rings (SSSR count). The molecule has 0 aliphatic heterocycles. The van der Waals surface area contributed by atoms with E-state index in [1.807, 2.05) is 0 Å². The van der Waals surface area contributed by atoms with Gasteiger partial charge in [-0.15, -0.1) is 0 Å². The van der Waals surface area contributed by atoms with Crippen LogP contribution in [-0.4, -0.2) is 37.4 Å². The molecule has 0 unspecified atom stereocenters. The summed E-state index contributed by atoms with van der Waals surface area (Å²) in [6.07, 6.45) is 2.22. The molecule has 0 N–H and O–H groups in total. The number of pyridine rings is 1. The monoisotopic (exact) mass is 419 g/mol. The predicted octanol–water partition coefficient (Wildman–Crippen LogP) is 4.04. The molecule has 0 atom stereocenters. The highest BCUT2D eigenvalue weighted by Gasteiger charge is 2.29. The molecule has 3 aromatic rings. The molecule has 0 aliphatic rings. The highest BCUT2D eigenvalue weighted by Crippen LogP contribution is 2.38. The van der Waals surface area contributed by atoms with Gasteiger partial charge in [0.05, 0.1) is 34.0 Å². The molecule has 6 nitrogen and oxygen atoms in total. The van der Waals surface area contributed by atoms with E-state index >= 15 is 0 Å². The first-order valence-corrected chi connectivity index (χ1v) is 10.7. The topological polar surface area (TPSA) is 81.9 Å². The molecule has 0 amide bonds. The summed E-state index contributed by atoms with van der Waals surface area (Å²) < 4.78 is 32.1. The number of rotatable bonds is 6. The molecule has 0 spiro atoms. The average Bonchev–Trinajstić information content (AvgIpc) is 3.02. The van der Waals surface area contributed by atoms with Crippen LogP contribution in [0.2, 0.25) is 5.02 Å². The van der Waals surface area contributed by atoms with Gasteiger partial charge in [0, 0.05) is 22.3 Å². The number of nitrogens with zero attached hydrogens (tertiary/aromatic N) is 1. The third-order valence-electron chi connectivity index (χ3n) is 4.40. The molecular weight excluding hydrogens is 402 g/mol. The van der Waals surface area contributed by atoms with Crippen molar-refractivity contribution in [1.82, 2.24) is 4.40 Å². The van der Waals surface area contributed by atoms with Crippen molar-refractivity contribution in [3.63, 3.8) is 0 Å². The molecular formula is C20H18ClNO5S. The average molecular weight is 420 g/mol. The van der Waals surface area contributed by atoms with Crippen LogP contribution in [0.4, 0.5) is 0 Å². The highest BCUT2D eigenvalue weighted by atomic mass is 35.5. The normalized spacial score (nSPS) is 11.5. The van der Waals surface area contributed by atoms with E-state index in [0.717, 1.165) is 0 Å². The van der Waals surface area contributed by atoms with E-state index in [4.69, 9.17) is 16.3 Å². The molecule has 0 fully saturated rings. The fraction of sp³-hybridized carbons (Fsp3) is 0.200. The van der Waals surface area contributed by atoms with Crippen LogP contribution in [0, 0.1) is 0 Å². The molecule has 0 bridgehead atoms. The van der Waals surface area contributed by atoms with Crippen LogP contribution < -0.4 is 0 Å². The first-order chi connectivity index (χ1) is 13.4. The lowest BCUT2D eigenvalue weighted by Crippen LogP contribution is -2.09. The zero-order valence-corrected chi connectivity index (χ0v) is 16.9. The van der Waals surface area contributed by atoms with Crippen molar-refractivity contribution in [1.29, 1.82) is 0 Å². The summed E-state index contributed by atoms with van der Waals surface area (Å²) in [7, 11) is -3.65. The third kappa shape index (κ3) is 3.31. The second-order valence-electron chi connectivity index (χ2n) is 5.97. The van der Waals surface area contributed by atoms with Gasteiger partial charge in [-0.2, -0.15) is 0 Å². The van der Waals surface area contributed by atoms with Crippen LogP contribution in [0.3, 0.4) is 0 Å². The minimum Gasteiger partial charge on any atom is -0.462 e. The second kappa shape index (κ2) is 7.77. The van der Waals surface area contributed by atoms with Crippen LogP contribution in [0.15, 0.2) is 47.5 Å². The van der Waals surface area contributed by atoms with Gasteiger partial charge in [-0.1, -0.05) is 24.6 Å². The molecule has 0 saturated carbocycles. The Balaban J connectivity index is 2.51. The summed E-state index contributed by atoms with van der Waals surface area (Å²) >= 11 is 6.14. The van der Waals surface area contributed by atoms with Crippen molar-refractivity contribution in [3.8, 4) is 11.1 Å². The van der Waals surface area contributed by atoms with Gasteiger partial charge in [-0.25, -0.2) is 13.2 Å². The summed E-state index contributed by atoms with van der Waals surface area (Å²) in [5.74, 6) is -0.783. The molecule has 0 saturated heterocycles. The predicted molar refractivity (Wildman–Crippen MR) is 107 cm³/mol. The third-order valence-corrected chi connectivity index (χ3v) is 6.42. The number of benzene rings is 1. The van der Waals surface area contributed by atoms with E-state index in [-0.39, 0.29) is 44.7 Å². The number of ether oxygens (including phenoxy) is 1. The Hall–Kier alpha value is -2.64. The Morgan fingerprint density at radius 2 is 1.96 bits per heavy atom. The van der Waals surface area contributed by atoms with E-state index in [2.05, 4.69) is 0 Å². The summed E-state index contributed by atoms with van der Waals surface area (Å²) in [6, 6.07) is 9.41. The zero-order chi connectivity index (χ0) is 20.5. The summed E-state index contributed by atoms with van der Waals surface area (Å²) in [6.45, 7) is 3.33. The van der Waals surface area contributed by atoms with Gasteiger partial charge in [-0.3, -0.25) is 4.79 Å². The lowest BCUT2D eigenvalue weighted by molar-refractivity contribution is 0.0529. The number of hydrogen-bond donors (Lipinski definition) is 0. The van der Waals surface area contributed by atoms with Crippen molar-refractivity contribution < 1.29 is 22.7 Å². The minimum absolute atomic E-state index is 0.00366. The maximum absolute atomic E-state index is 12.8. The van der Waals surface area contributed by atoms with Crippen molar-refractivity contribution in [2.24, 2.45) is 0 Å². The number of esters is 1. The zero-order valence-electron chi connectivity index (χ0n) is 15.3. The second-order valence-corrected chi connectivity index (χ2v) is 8.66. The number of carbonyl (C=O) groups excluding carboxylic acids is 2. The molecule has 0 aliphatic carbocycles. The highest BCUT2D eigenvalue weighted by molar-refractivity contribution is 7.91. The smallest absolute Gasteiger partial charge is 0.340 e. The van der Waals surface area contributed by atoms with Crippen molar-refractivity contribution >= 4 is 39.2 Å². The number of fused-ring (bicyclic) bond motifs is 1. The first kappa shape index (κ1) is 20.1. The van der Waals surface area contributed by atoms with Crippen LogP contribution in [0.1, 0.15) is 34.7 Å². The molecule has 2 heterocycles. The van der Waals surface area contributed by atoms with Crippen LogP contribution in [0.25, 0.3) is 16.6 Å². The van der Waals surface area contributed by atoms with Gasteiger partial charge < -0.3 is 9.14 Å². The Morgan fingerprint density at radius 3 is 2.61 bits per heavy atom. The number of sulfone groups is 1. The summed E-state index contributed by atoms with van der Waals surface area (Å²) in [4.78, 5) is 24.7. The summed E-state index contributed by atoms with van der Waals surface area (Å²) in [5.41, 5.74) is 1.10. The number of halogens is 1. The van der Waals surface area contributed by atoms with E-state index < -0.39 is 15.8 Å². The fourth-order valence-electron chi connectivity index (χ4n) is 3.16. The molecule has 0 radical (unpaired) electrons. The van der Waals surface area contributed by atoms with Gasteiger partial charge in [0.15, 0.2) is 16.1 Å². The standard InChI is InChI=1S/C20H18ClNO5S/c1-3-27-20(24)19-15-7-5-6-10-22(15)16(12-23)18(19)14-11-13(21)8-9-17(14)28(25,26)4-2/h5-12H,3-4H2,1-2H3. The number of hydrogen-bond acceptors (Lipinski definition) is 5. The lowest BCUT2D eigenvalue weighted by Gasteiger charge is -2.12. The Kier molecular flexibility index (Phi) is 5.58. The van der Waals surface area contributed by atoms with Gasteiger partial charge in [0.2, 0.25) is 0 Å². The Bertz CT molecular complexity index is 1180. The first-order valence-electron chi connectivity index (χ1n) is 8.63. The van der Waals surface area contributed by atoms with Gasteiger partial charge >= 0.3 is 5.97 Å². The Morgan fingerprint density at radius 1 is 1.21 bits per heavy atom. The SMILES string of the molecule is CCOC(=O)c1c(-c2cc(Cl)ccc2S(=O)(=O)CC)c(C=O)n2ccccc12. The van der Waals surface area contributed by atoms with E-state index in [9.17, 15) is 18.0 Å². The van der Waals surface area contributed by atoms with Gasteiger partial charge in [-0.05, 0) is 37.3 Å². The van der Waals surface area contributed by atoms with Gasteiger partial charge in [0.25, 0.3) is 0 Å². The van der Waals surface area contributed by atoms with Gasteiger partial charge in [0.1, 0.15) is 0 Å². The maximum atomic E-state index is 12.8. The molecule has 28 heavy (non-hydrogen) atoms. The van der Waals surface area contributed by atoms with Crippen molar-refractivity contribution in [2.45, 2.75) is 18.7 Å². The van der Waals surface area contributed by atoms with E-state index in [1.54, 1.807) is 31.3 Å². The minimum atomic E-state index is -3.65.